The summed E-state index contributed by atoms with van der Waals surface area (Å²) in [6, 6.07) is 15.4. The largest absolute Gasteiger partial charge is 0.453 e. The topological polar surface area (TPSA) is 151 Å². The fourth-order valence-electron chi connectivity index (χ4n) is 4.80. The van der Waals surface area contributed by atoms with Crippen LogP contribution in [-0.2, 0) is 26.0 Å². The number of halogens is 1. The number of rotatable bonds is 15. The number of carbonyl (C=O) groups is 2. The van der Waals surface area contributed by atoms with Crippen molar-refractivity contribution in [2.75, 3.05) is 32.5 Å². The Morgan fingerprint density at radius 3 is 2.42 bits per heavy atom. The number of nitrogens with zero attached hydrogens (tertiary/aromatic N) is 1. The molecule has 0 bridgehead atoms. The minimum Gasteiger partial charge on any atom is -0.453 e. The molecule has 3 aromatic rings. The van der Waals surface area contributed by atoms with Crippen molar-refractivity contribution in [3.8, 4) is 0 Å². The van der Waals surface area contributed by atoms with E-state index >= 15 is 0 Å². The number of unbranched alkanes of at least 4 members (excludes halogenated alkanes) is 1. The Kier molecular flexibility index (Phi) is 12.3. The van der Waals surface area contributed by atoms with Crippen molar-refractivity contribution in [2.45, 2.75) is 56.5 Å². The van der Waals surface area contributed by atoms with Gasteiger partial charge >= 0.3 is 6.09 Å². The molecule has 0 aliphatic rings. The standard InChI is InChI=1S/C31H41FN4O6S/c1-21(2)19-36(43(40,41)26-13-14-27(32)28(33)18-26)25(20-37)10-6-7-15-34-30(38)29(35-31(39)42-3)17-22-11-12-23-8-4-5-9-24(23)16-22/h4-5,8-9,11-14,16,18,21,25,29,37H,6-7,10,15,17,19-20,33H2,1-3H3,(H,34,38)(H,35,39)/t25-,29-/m0/s1. The van der Waals surface area contributed by atoms with Crippen molar-refractivity contribution in [1.29, 1.82) is 0 Å². The fourth-order valence-corrected chi connectivity index (χ4v) is 6.64. The van der Waals surface area contributed by atoms with Crippen LogP contribution in [0.25, 0.3) is 10.8 Å². The highest BCUT2D eigenvalue weighted by molar-refractivity contribution is 7.89. The summed E-state index contributed by atoms with van der Waals surface area (Å²) in [5.74, 6) is -1.13. The third-order valence-electron chi connectivity index (χ3n) is 7.05. The number of amides is 2. The highest BCUT2D eigenvalue weighted by Crippen LogP contribution is 2.25. The zero-order valence-electron chi connectivity index (χ0n) is 24.8. The molecule has 12 heteroatoms. The van der Waals surface area contributed by atoms with Gasteiger partial charge in [0, 0.05) is 25.6 Å². The monoisotopic (exact) mass is 616 g/mol. The molecule has 0 fully saturated rings. The van der Waals surface area contributed by atoms with Crippen LogP contribution in [0.5, 0.6) is 0 Å². The number of hydrogen-bond acceptors (Lipinski definition) is 7. The zero-order chi connectivity index (χ0) is 31.6. The van der Waals surface area contributed by atoms with E-state index in [4.69, 9.17) is 10.5 Å². The Morgan fingerprint density at radius 1 is 1.05 bits per heavy atom. The van der Waals surface area contributed by atoms with Gasteiger partial charge in [0.25, 0.3) is 0 Å². The number of aliphatic hydroxyl groups excluding tert-OH is 1. The van der Waals surface area contributed by atoms with Gasteiger partial charge in [0.05, 0.1) is 24.3 Å². The number of ether oxygens (including phenoxy) is 1. The number of nitrogens with one attached hydrogen (secondary N) is 2. The second-order valence-corrected chi connectivity index (χ2v) is 12.7. The van der Waals surface area contributed by atoms with Gasteiger partial charge in [-0.15, -0.1) is 0 Å². The van der Waals surface area contributed by atoms with Crippen LogP contribution in [0.15, 0.2) is 65.6 Å². The molecule has 2 atom stereocenters. The maximum atomic E-state index is 13.7. The van der Waals surface area contributed by atoms with Crippen LogP contribution in [0.2, 0.25) is 0 Å². The van der Waals surface area contributed by atoms with Crippen molar-refractivity contribution >= 4 is 38.5 Å². The number of fused-ring (bicyclic) bond motifs is 1. The van der Waals surface area contributed by atoms with Gasteiger partial charge in [-0.25, -0.2) is 17.6 Å². The smallest absolute Gasteiger partial charge is 0.407 e. The summed E-state index contributed by atoms with van der Waals surface area (Å²) < 4.78 is 46.5. The molecule has 3 rings (SSSR count). The Bertz CT molecular complexity index is 1500. The number of hydrogen-bond donors (Lipinski definition) is 4. The molecule has 0 aromatic heterocycles. The first-order valence-electron chi connectivity index (χ1n) is 14.2. The predicted octanol–water partition coefficient (Wildman–Crippen LogP) is 3.82. The first-order valence-corrected chi connectivity index (χ1v) is 15.7. The lowest BCUT2D eigenvalue weighted by Crippen LogP contribution is -2.48. The highest BCUT2D eigenvalue weighted by Gasteiger charge is 2.32. The lowest BCUT2D eigenvalue weighted by atomic mass is 10.0. The van der Waals surface area contributed by atoms with Crippen LogP contribution < -0.4 is 16.4 Å². The van der Waals surface area contributed by atoms with Crippen LogP contribution in [0, 0.1) is 11.7 Å². The van der Waals surface area contributed by atoms with Gasteiger partial charge < -0.3 is 26.2 Å². The summed E-state index contributed by atoms with van der Waals surface area (Å²) in [5, 5.41) is 17.7. The molecule has 2 amide bonds. The van der Waals surface area contributed by atoms with Crippen LogP contribution in [0.4, 0.5) is 14.9 Å². The first-order chi connectivity index (χ1) is 20.5. The summed E-state index contributed by atoms with van der Waals surface area (Å²) in [7, 11) is -2.84. The van der Waals surface area contributed by atoms with E-state index in [1.165, 1.54) is 11.4 Å². The van der Waals surface area contributed by atoms with Crippen LogP contribution in [0.1, 0.15) is 38.7 Å². The number of benzene rings is 3. The molecule has 0 aliphatic heterocycles. The second-order valence-electron chi connectivity index (χ2n) is 10.8. The average molecular weight is 617 g/mol. The summed E-state index contributed by atoms with van der Waals surface area (Å²) in [4.78, 5) is 24.9. The lowest BCUT2D eigenvalue weighted by Gasteiger charge is -2.31. The molecule has 0 saturated heterocycles. The van der Waals surface area contributed by atoms with E-state index in [0.29, 0.717) is 19.3 Å². The minimum atomic E-state index is -4.07. The maximum Gasteiger partial charge on any atom is 0.407 e. The number of nitrogen functional groups attached to an aromatic ring is 1. The number of anilines is 1. The molecular formula is C31H41FN4O6S. The minimum absolute atomic E-state index is 0.0391. The van der Waals surface area contributed by atoms with Gasteiger partial charge in [-0.05, 0) is 53.3 Å². The van der Waals surface area contributed by atoms with Gasteiger partial charge in [0.2, 0.25) is 15.9 Å². The second kappa shape index (κ2) is 15.6. The third-order valence-corrected chi connectivity index (χ3v) is 8.96. The molecule has 0 saturated carbocycles. The highest BCUT2D eigenvalue weighted by atomic mass is 32.2. The van der Waals surface area contributed by atoms with Crippen LogP contribution in [-0.4, -0.2) is 68.7 Å². The van der Waals surface area contributed by atoms with Crippen molar-refractivity contribution in [3.63, 3.8) is 0 Å². The quantitative estimate of drug-likeness (QED) is 0.150. The number of methoxy groups -OCH3 is 1. The Balaban J connectivity index is 1.61. The van der Waals surface area contributed by atoms with Crippen LogP contribution in [0.3, 0.4) is 0 Å². The number of nitrogens with two attached hydrogens (primary N) is 1. The van der Waals surface area contributed by atoms with Crippen LogP contribution >= 0.6 is 0 Å². The van der Waals surface area contributed by atoms with Crippen molar-refractivity contribution < 1.29 is 32.2 Å². The molecule has 0 radical (unpaired) electrons. The normalized spacial score (nSPS) is 13.2. The Labute approximate surface area is 252 Å². The molecule has 3 aromatic carbocycles. The van der Waals surface area contributed by atoms with E-state index in [-0.39, 0.29) is 41.9 Å². The van der Waals surface area contributed by atoms with E-state index in [9.17, 15) is 27.5 Å². The van der Waals surface area contributed by atoms with E-state index in [0.717, 1.165) is 34.5 Å². The van der Waals surface area contributed by atoms with Gasteiger partial charge in [-0.1, -0.05) is 62.7 Å². The molecule has 5 N–H and O–H groups in total. The van der Waals surface area contributed by atoms with E-state index < -0.39 is 40.6 Å². The van der Waals surface area contributed by atoms with Gasteiger partial charge in [0.15, 0.2) is 0 Å². The number of alkyl carbamates (subject to hydrolysis) is 1. The molecule has 0 spiro atoms. The first kappa shape index (κ1) is 33.8. The molecule has 0 unspecified atom stereocenters. The summed E-state index contributed by atoms with van der Waals surface area (Å²) in [5.41, 5.74) is 6.21. The van der Waals surface area contributed by atoms with Gasteiger partial charge in [-0.2, -0.15) is 4.31 Å². The summed E-state index contributed by atoms with van der Waals surface area (Å²) in [6.45, 7) is 3.74. The molecule has 234 valence electrons. The summed E-state index contributed by atoms with van der Waals surface area (Å²) in [6.07, 6.45) is 0.869. The molecular weight excluding hydrogens is 575 g/mol. The third kappa shape index (κ3) is 9.37. The molecule has 0 aliphatic carbocycles. The van der Waals surface area contributed by atoms with Gasteiger partial charge in [-0.3, -0.25) is 4.79 Å². The summed E-state index contributed by atoms with van der Waals surface area (Å²) >= 11 is 0. The number of sulfonamides is 1. The van der Waals surface area contributed by atoms with Gasteiger partial charge in [0.1, 0.15) is 11.9 Å². The fraction of sp³-hybridized carbons (Fsp3) is 0.419. The maximum absolute atomic E-state index is 13.7. The van der Waals surface area contributed by atoms with E-state index in [1.54, 1.807) is 0 Å². The van der Waals surface area contributed by atoms with E-state index in [1.807, 2.05) is 56.3 Å². The predicted molar refractivity (Wildman–Crippen MR) is 164 cm³/mol. The Hall–Kier alpha value is -3.74. The molecule has 0 heterocycles. The van der Waals surface area contributed by atoms with Crippen molar-refractivity contribution in [2.24, 2.45) is 5.92 Å². The number of carbonyl (C=O) groups excluding carboxylic acids is 2. The SMILES string of the molecule is COC(=O)N[C@@H](Cc1ccc2ccccc2c1)C(=O)NCCCC[C@@H](CO)N(CC(C)C)S(=O)(=O)c1ccc(F)c(N)c1. The van der Waals surface area contributed by atoms with Crippen molar-refractivity contribution in [1.82, 2.24) is 14.9 Å². The average Bonchev–Trinajstić information content (AvgIpc) is 2.98. The number of aliphatic hydroxyl groups is 1. The molecule has 10 nitrogen and oxygen atoms in total. The zero-order valence-corrected chi connectivity index (χ0v) is 25.6. The van der Waals surface area contributed by atoms with E-state index in [2.05, 4.69) is 10.6 Å². The lowest BCUT2D eigenvalue weighted by molar-refractivity contribution is -0.123. The molecule has 43 heavy (non-hydrogen) atoms. The Morgan fingerprint density at radius 2 is 1.77 bits per heavy atom. The van der Waals surface area contributed by atoms with Crippen molar-refractivity contribution in [3.05, 3.63) is 72.0 Å².